The summed E-state index contributed by atoms with van der Waals surface area (Å²) in [5, 5.41) is 13.7. The maximum absolute atomic E-state index is 11.1. The molecular weight excluding hydrogens is 268 g/mol. The lowest BCUT2D eigenvalue weighted by molar-refractivity contribution is -0.142. The van der Waals surface area contributed by atoms with Gasteiger partial charge in [-0.05, 0) is 32.3 Å². The second kappa shape index (κ2) is 5.35. The first-order valence-electron chi connectivity index (χ1n) is 7.50. The smallest absolute Gasteiger partial charge is 0.306 e. The van der Waals surface area contributed by atoms with Crippen molar-refractivity contribution in [2.24, 2.45) is 5.92 Å². The number of hydrogen-bond acceptors (Lipinski definition) is 3. The van der Waals surface area contributed by atoms with Crippen LogP contribution in [0.15, 0.2) is 6.07 Å². The highest BCUT2D eigenvalue weighted by Crippen LogP contribution is 2.27. The summed E-state index contributed by atoms with van der Waals surface area (Å²) in [4.78, 5) is 19.1. The van der Waals surface area contributed by atoms with Crippen LogP contribution in [0.1, 0.15) is 37.4 Å². The molecule has 0 saturated carbocycles. The van der Waals surface area contributed by atoms with E-state index in [1.165, 1.54) is 0 Å². The van der Waals surface area contributed by atoms with Gasteiger partial charge in [0.05, 0.1) is 17.3 Å². The molecular formula is C15H20N4O2. The van der Waals surface area contributed by atoms with Crippen molar-refractivity contribution in [2.45, 2.75) is 46.1 Å². The van der Waals surface area contributed by atoms with Gasteiger partial charge >= 0.3 is 5.97 Å². The van der Waals surface area contributed by atoms with E-state index in [2.05, 4.69) is 35.0 Å². The van der Waals surface area contributed by atoms with E-state index in [0.29, 0.717) is 12.8 Å². The van der Waals surface area contributed by atoms with E-state index >= 15 is 0 Å². The Morgan fingerprint density at radius 2 is 2.33 bits per heavy atom. The summed E-state index contributed by atoms with van der Waals surface area (Å²) in [6, 6.07) is 2.06. The number of hydrogen-bond donors (Lipinski definition) is 2. The van der Waals surface area contributed by atoms with E-state index < -0.39 is 5.97 Å². The maximum atomic E-state index is 11.1. The molecule has 1 atom stereocenters. The molecule has 1 unspecified atom stereocenters. The standard InChI is InChI=1S/C15H20N4O2/c1-3-10-8-13(19(4-2)18-10)14-16-11-6-5-9(15(20)21)7-12(11)17-14/h8-9H,3-7H2,1-2H3,(H,16,17)(H,20,21). The second-order valence-electron chi connectivity index (χ2n) is 5.48. The minimum absolute atomic E-state index is 0.298. The van der Waals surface area contributed by atoms with Crippen LogP contribution in [0.4, 0.5) is 0 Å². The van der Waals surface area contributed by atoms with Crippen molar-refractivity contribution < 1.29 is 9.90 Å². The second-order valence-corrected chi connectivity index (χ2v) is 5.48. The molecule has 2 aromatic rings. The van der Waals surface area contributed by atoms with Gasteiger partial charge in [-0.25, -0.2) is 4.98 Å². The number of aliphatic carboxylic acids is 1. The summed E-state index contributed by atoms with van der Waals surface area (Å²) in [5.41, 5.74) is 4.00. The molecule has 0 amide bonds. The van der Waals surface area contributed by atoms with Crippen molar-refractivity contribution in [2.75, 3.05) is 0 Å². The van der Waals surface area contributed by atoms with Gasteiger partial charge in [-0.2, -0.15) is 5.10 Å². The monoisotopic (exact) mass is 288 g/mol. The molecule has 2 aromatic heterocycles. The SMILES string of the molecule is CCc1cc(-c2nc3c([nH]2)CC(C(=O)O)CC3)n(CC)n1. The number of nitrogens with one attached hydrogen (secondary N) is 1. The Labute approximate surface area is 123 Å². The number of aromatic amines is 1. The molecule has 6 nitrogen and oxygen atoms in total. The Balaban J connectivity index is 1.95. The largest absolute Gasteiger partial charge is 0.481 e. The van der Waals surface area contributed by atoms with Crippen molar-refractivity contribution in [3.63, 3.8) is 0 Å². The molecule has 2 N–H and O–H groups in total. The highest BCUT2D eigenvalue weighted by molar-refractivity contribution is 5.71. The Morgan fingerprint density at radius 1 is 1.52 bits per heavy atom. The van der Waals surface area contributed by atoms with Crippen LogP contribution in [0.2, 0.25) is 0 Å². The molecule has 0 spiro atoms. The zero-order chi connectivity index (χ0) is 15.0. The lowest BCUT2D eigenvalue weighted by atomic mass is 9.90. The number of rotatable bonds is 4. The van der Waals surface area contributed by atoms with Crippen LogP contribution in [-0.2, 0) is 30.6 Å². The summed E-state index contributed by atoms with van der Waals surface area (Å²) in [6.07, 6.45) is 2.82. The lowest BCUT2D eigenvalue weighted by Crippen LogP contribution is -2.22. The fourth-order valence-electron chi connectivity index (χ4n) is 2.89. The highest BCUT2D eigenvalue weighted by atomic mass is 16.4. The van der Waals surface area contributed by atoms with E-state index in [1.54, 1.807) is 0 Å². The Hall–Kier alpha value is -2.11. The average Bonchev–Trinajstić information content (AvgIpc) is 3.09. The first-order valence-corrected chi connectivity index (χ1v) is 7.50. The van der Waals surface area contributed by atoms with Gasteiger partial charge in [0.1, 0.15) is 5.69 Å². The van der Waals surface area contributed by atoms with Crippen molar-refractivity contribution in [3.8, 4) is 11.5 Å². The maximum Gasteiger partial charge on any atom is 0.306 e. The van der Waals surface area contributed by atoms with Crippen LogP contribution in [0.5, 0.6) is 0 Å². The zero-order valence-corrected chi connectivity index (χ0v) is 12.4. The van der Waals surface area contributed by atoms with Crippen molar-refractivity contribution >= 4 is 5.97 Å². The van der Waals surface area contributed by atoms with Crippen LogP contribution in [0.3, 0.4) is 0 Å². The Morgan fingerprint density at radius 3 is 3.00 bits per heavy atom. The minimum atomic E-state index is -0.719. The molecule has 21 heavy (non-hydrogen) atoms. The number of nitrogens with zero attached hydrogens (tertiary/aromatic N) is 3. The minimum Gasteiger partial charge on any atom is -0.481 e. The molecule has 0 bridgehead atoms. The molecule has 0 saturated heterocycles. The molecule has 6 heteroatoms. The number of fused-ring (bicyclic) bond motifs is 1. The number of carboxylic acid groups (broad SMARTS) is 1. The molecule has 2 heterocycles. The molecule has 1 aliphatic rings. The van der Waals surface area contributed by atoms with Gasteiger partial charge in [-0.15, -0.1) is 0 Å². The summed E-state index contributed by atoms with van der Waals surface area (Å²) < 4.78 is 1.94. The molecule has 0 radical (unpaired) electrons. The quantitative estimate of drug-likeness (QED) is 0.901. The molecule has 1 aliphatic carbocycles. The summed E-state index contributed by atoms with van der Waals surface area (Å²) in [5.74, 6) is -0.211. The number of carboxylic acids is 1. The molecule has 0 aromatic carbocycles. The van der Waals surface area contributed by atoms with Crippen molar-refractivity contribution in [1.29, 1.82) is 0 Å². The fourth-order valence-corrected chi connectivity index (χ4v) is 2.89. The van der Waals surface area contributed by atoms with Gasteiger partial charge in [0.15, 0.2) is 5.82 Å². The van der Waals surface area contributed by atoms with Gasteiger partial charge < -0.3 is 10.1 Å². The van der Waals surface area contributed by atoms with Gasteiger partial charge in [0.2, 0.25) is 0 Å². The normalized spacial score (nSPS) is 17.7. The van der Waals surface area contributed by atoms with Crippen LogP contribution < -0.4 is 0 Å². The molecule has 0 fully saturated rings. The molecule has 0 aliphatic heterocycles. The van der Waals surface area contributed by atoms with Crippen LogP contribution in [0, 0.1) is 5.92 Å². The lowest BCUT2D eigenvalue weighted by Gasteiger charge is -2.16. The molecule has 112 valence electrons. The third-order valence-corrected chi connectivity index (χ3v) is 4.13. The van der Waals surface area contributed by atoms with Crippen molar-refractivity contribution in [3.05, 3.63) is 23.1 Å². The Bertz CT molecular complexity index is 671. The number of aromatic nitrogens is 4. The zero-order valence-electron chi connectivity index (χ0n) is 12.4. The number of aryl methyl sites for hydroxylation is 3. The fraction of sp³-hybridized carbons (Fsp3) is 0.533. The van der Waals surface area contributed by atoms with E-state index in [1.807, 2.05) is 4.68 Å². The van der Waals surface area contributed by atoms with Crippen LogP contribution >= 0.6 is 0 Å². The van der Waals surface area contributed by atoms with E-state index in [0.717, 1.165) is 48.0 Å². The number of carbonyl (C=O) groups is 1. The predicted octanol–water partition coefficient (Wildman–Crippen LogP) is 2.04. The van der Waals surface area contributed by atoms with Gasteiger partial charge in [-0.3, -0.25) is 9.48 Å². The number of imidazole rings is 1. The van der Waals surface area contributed by atoms with Gasteiger partial charge in [-0.1, -0.05) is 6.92 Å². The topological polar surface area (TPSA) is 83.8 Å². The van der Waals surface area contributed by atoms with E-state index in [-0.39, 0.29) is 5.92 Å². The van der Waals surface area contributed by atoms with Crippen LogP contribution in [-0.4, -0.2) is 30.8 Å². The summed E-state index contributed by atoms with van der Waals surface area (Å²) in [6.45, 7) is 4.93. The first kappa shape index (κ1) is 13.9. The highest BCUT2D eigenvalue weighted by Gasteiger charge is 2.27. The number of H-pyrrole nitrogens is 1. The summed E-state index contributed by atoms with van der Waals surface area (Å²) >= 11 is 0. The van der Waals surface area contributed by atoms with Crippen LogP contribution in [0.25, 0.3) is 11.5 Å². The first-order chi connectivity index (χ1) is 10.1. The summed E-state index contributed by atoms with van der Waals surface area (Å²) in [7, 11) is 0. The third-order valence-electron chi connectivity index (χ3n) is 4.13. The predicted molar refractivity (Wildman–Crippen MR) is 78.0 cm³/mol. The van der Waals surface area contributed by atoms with E-state index in [9.17, 15) is 4.79 Å². The average molecular weight is 288 g/mol. The third kappa shape index (κ3) is 2.46. The van der Waals surface area contributed by atoms with Gasteiger partial charge in [0, 0.05) is 18.7 Å². The molecule has 3 rings (SSSR count). The van der Waals surface area contributed by atoms with E-state index in [4.69, 9.17) is 5.11 Å². The van der Waals surface area contributed by atoms with Crippen molar-refractivity contribution in [1.82, 2.24) is 19.7 Å². The van der Waals surface area contributed by atoms with Gasteiger partial charge in [0.25, 0.3) is 0 Å². The Kier molecular flexibility index (Phi) is 3.53.